The summed E-state index contributed by atoms with van der Waals surface area (Å²) in [6, 6.07) is 6.98. The molecule has 0 aliphatic heterocycles. The molecule has 3 rings (SSSR count). The Bertz CT molecular complexity index is 931. The first-order chi connectivity index (χ1) is 11.0. The van der Waals surface area contributed by atoms with Crippen LogP contribution < -0.4 is 4.74 Å². The Balaban J connectivity index is 2.05. The molecule has 0 unspecified atom stereocenters. The normalized spacial score (nSPS) is 10.8. The summed E-state index contributed by atoms with van der Waals surface area (Å²) < 4.78 is 32.3. The number of Topliss-reactive ketones (excluding diaryl/α,β-unsaturated/α-hetero) is 1. The third-order valence-corrected chi connectivity index (χ3v) is 3.44. The number of fused-ring (bicyclic) bond motifs is 1. The fourth-order valence-electron chi connectivity index (χ4n) is 2.10. The van der Waals surface area contributed by atoms with E-state index in [0.717, 1.165) is 12.3 Å². The van der Waals surface area contributed by atoms with Crippen molar-refractivity contribution in [2.75, 3.05) is 0 Å². The van der Waals surface area contributed by atoms with Gasteiger partial charge in [-0.25, -0.2) is 18.7 Å². The Labute approximate surface area is 134 Å². The number of halogens is 3. The molecule has 0 aliphatic carbocycles. The van der Waals surface area contributed by atoms with Crippen LogP contribution in [0.5, 0.6) is 11.6 Å². The molecule has 0 bridgehead atoms. The standard InChI is InChI=1S/C16H9ClF2N2O2/c1-8(22)14-9(17)3-2-4-12(14)23-13-7-20-16-11(21-13)6-5-10(18)15(16)19/h2-7H,1H3. The van der Waals surface area contributed by atoms with E-state index in [4.69, 9.17) is 16.3 Å². The summed E-state index contributed by atoms with van der Waals surface area (Å²) in [6.07, 6.45) is 1.15. The molecule has 3 aromatic rings. The Morgan fingerprint density at radius 2 is 2.00 bits per heavy atom. The second-order valence-electron chi connectivity index (χ2n) is 4.71. The summed E-state index contributed by atoms with van der Waals surface area (Å²) in [5, 5.41) is 0.247. The molecule has 23 heavy (non-hydrogen) atoms. The third-order valence-electron chi connectivity index (χ3n) is 3.12. The SMILES string of the molecule is CC(=O)c1c(Cl)cccc1Oc1cnc2c(F)c(F)ccc2n1. The lowest BCUT2D eigenvalue weighted by molar-refractivity contribution is 0.101. The number of carbonyl (C=O) groups excluding carboxylic acids is 1. The highest BCUT2D eigenvalue weighted by Gasteiger charge is 2.15. The van der Waals surface area contributed by atoms with E-state index in [2.05, 4.69) is 9.97 Å². The van der Waals surface area contributed by atoms with Gasteiger partial charge in [0.1, 0.15) is 11.3 Å². The summed E-state index contributed by atoms with van der Waals surface area (Å²) in [6.45, 7) is 1.36. The average molecular weight is 335 g/mol. The van der Waals surface area contributed by atoms with E-state index in [1.54, 1.807) is 18.2 Å². The van der Waals surface area contributed by atoms with Crippen molar-refractivity contribution >= 4 is 28.4 Å². The van der Waals surface area contributed by atoms with Gasteiger partial charge in [-0.05, 0) is 31.2 Å². The highest BCUT2D eigenvalue weighted by molar-refractivity contribution is 6.34. The monoisotopic (exact) mass is 334 g/mol. The predicted molar refractivity (Wildman–Crippen MR) is 81.0 cm³/mol. The van der Waals surface area contributed by atoms with Crippen LogP contribution in [-0.4, -0.2) is 15.8 Å². The zero-order valence-corrected chi connectivity index (χ0v) is 12.6. The number of ether oxygens (including phenoxy) is 1. The number of carbonyl (C=O) groups is 1. The van der Waals surface area contributed by atoms with Crippen molar-refractivity contribution in [1.29, 1.82) is 0 Å². The minimum absolute atomic E-state index is 0.0354. The molecular formula is C16H9ClF2N2O2. The minimum Gasteiger partial charge on any atom is -0.437 e. The van der Waals surface area contributed by atoms with Crippen LogP contribution in [0.1, 0.15) is 17.3 Å². The van der Waals surface area contributed by atoms with Crippen molar-refractivity contribution in [3.05, 3.63) is 58.7 Å². The van der Waals surface area contributed by atoms with Crippen molar-refractivity contribution in [3.63, 3.8) is 0 Å². The fourth-order valence-corrected chi connectivity index (χ4v) is 2.40. The molecule has 2 aromatic carbocycles. The van der Waals surface area contributed by atoms with Crippen LogP contribution in [0.15, 0.2) is 36.5 Å². The molecule has 0 atom stereocenters. The maximum atomic E-state index is 13.6. The van der Waals surface area contributed by atoms with E-state index >= 15 is 0 Å². The zero-order chi connectivity index (χ0) is 16.6. The molecule has 0 saturated carbocycles. The van der Waals surface area contributed by atoms with E-state index in [-0.39, 0.29) is 39.0 Å². The predicted octanol–water partition coefficient (Wildman–Crippen LogP) is 4.56. The molecule has 0 saturated heterocycles. The molecule has 1 aromatic heterocycles. The van der Waals surface area contributed by atoms with Gasteiger partial charge in [0.2, 0.25) is 5.88 Å². The maximum Gasteiger partial charge on any atom is 0.238 e. The molecular weight excluding hydrogens is 326 g/mol. The van der Waals surface area contributed by atoms with E-state index < -0.39 is 11.6 Å². The molecule has 116 valence electrons. The topological polar surface area (TPSA) is 52.1 Å². The fraction of sp³-hybridized carbons (Fsp3) is 0.0625. The lowest BCUT2D eigenvalue weighted by Crippen LogP contribution is -2.00. The number of ketones is 1. The Hall–Kier alpha value is -2.60. The van der Waals surface area contributed by atoms with E-state index in [0.29, 0.717) is 0 Å². The van der Waals surface area contributed by atoms with Gasteiger partial charge in [-0.15, -0.1) is 0 Å². The zero-order valence-electron chi connectivity index (χ0n) is 11.8. The summed E-state index contributed by atoms with van der Waals surface area (Å²) in [4.78, 5) is 19.6. The van der Waals surface area contributed by atoms with Crippen LogP contribution in [0.3, 0.4) is 0 Å². The number of hydrogen-bond acceptors (Lipinski definition) is 4. The van der Waals surface area contributed by atoms with E-state index in [1.165, 1.54) is 13.0 Å². The third kappa shape index (κ3) is 2.85. The second kappa shape index (κ2) is 5.89. The van der Waals surface area contributed by atoms with Crippen molar-refractivity contribution in [3.8, 4) is 11.6 Å². The van der Waals surface area contributed by atoms with Gasteiger partial charge in [0.05, 0.1) is 22.3 Å². The van der Waals surface area contributed by atoms with Crippen LogP contribution in [-0.2, 0) is 0 Å². The Morgan fingerprint density at radius 3 is 2.74 bits per heavy atom. The number of rotatable bonds is 3. The summed E-state index contributed by atoms with van der Waals surface area (Å²) >= 11 is 6.00. The van der Waals surface area contributed by atoms with Gasteiger partial charge in [-0.1, -0.05) is 17.7 Å². The van der Waals surface area contributed by atoms with Gasteiger partial charge in [0.15, 0.2) is 17.4 Å². The largest absolute Gasteiger partial charge is 0.437 e. The smallest absolute Gasteiger partial charge is 0.238 e. The van der Waals surface area contributed by atoms with Crippen molar-refractivity contribution in [1.82, 2.24) is 9.97 Å². The van der Waals surface area contributed by atoms with Gasteiger partial charge in [0, 0.05) is 0 Å². The molecule has 1 heterocycles. The summed E-state index contributed by atoms with van der Waals surface area (Å²) in [5.41, 5.74) is 0.143. The van der Waals surface area contributed by atoms with Gasteiger partial charge in [-0.3, -0.25) is 4.79 Å². The number of nitrogens with zero attached hydrogens (tertiary/aromatic N) is 2. The highest BCUT2D eigenvalue weighted by Crippen LogP contribution is 2.30. The number of hydrogen-bond donors (Lipinski definition) is 0. The van der Waals surface area contributed by atoms with Crippen molar-refractivity contribution < 1.29 is 18.3 Å². The molecule has 0 aliphatic rings. The van der Waals surface area contributed by atoms with Crippen LogP contribution in [0.25, 0.3) is 11.0 Å². The van der Waals surface area contributed by atoms with E-state index in [9.17, 15) is 13.6 Å². The Kier molecular flexibility index (Phi) is 3.92. The van der Waals surface area contributed by atoms with Gasteiger partial charge >= 0.3 is 0 Å². The number of benzene rings is 2. The molecule has 4 nitrogen and oxygen atoms in total. The van der Waals surface area contributed by atoms with Gasteiger partial charge in [-0.2, -0.15) is 0 Å². The van der Waals surface area contributed by atoms with Gasteiger partial charge < -0.3 is 4.74 Å². The molecule has 7 heteroatoms. The lowest BCUT2D eigenvalue weighted by atomic mass is 10.1. The van der Waals surface area contributed by atoms with Crippen molar-refractivity contribution in [2.24, 2.45) is 0 Å². The second-order valence-corrected chi connectivity index (χ2v) is 5.12. The van der Waals surface area contributed by atoms with E-state index in [1.807, 2.05) is 0 Å². The van der Waals surface area contributed by atoms with Crippen LogP contribution in [0, 0.1) is 11.6 Å². The average Bonchev–Trinajstić information content (AvgIpc) is 2.51. The summed E-state index contributed by atoms with van der Waals surface area (Å²) in [7, 11) is 0. The quantitative estimate of drug-likeness (QED) is 0.659. The maximum absolute atomic E-state index is 13.6. The first-order valence-corrected chi connectivity index (χ1v) is 6.93. The summed E-state index contributed by atoms with van der Waals surface area (Å²) in [5.74, 6) is -2.11. The van der Waals surface area contributed by atoms with Crippen LogP contribution in [0.2, 0.25) is 5.02 Å². The Morgan fingerprint density at radius 1 is 1.22 bits per heavy atom. The number of aromatic nitrogens is 2. The molecule has 0 fully saturated rings. The molecule has 0 N–H and O–H groups in total. The lowest BCUT2D eigenvalue weighted by Gasteiger charge is -2.10. The molecule has 0 spiro atoms. The minimum atomic E-state index is -1.08. The first-order valence-electron chi connectivity index (χ1n) is 6.55. The van der Waals surface area contributed by atoms with Crippen LogP contribution in [0.4, 0.5) is 8.78 Å². The van der Waals surface area contributed by atoms with Crippen molar-refractivity contribution in [2.45, 2.75) is 6.92 Å². The van der Waals surface area contributed by atoms with Crippen LogP contribution >= 0.6 is 11.6 Å². The molecule has 0 amide bonds. The van der Waals surface area contributed by atoms with Gasteiger partial charge in [0.25, 0.3) is 0 Å². The first kappa shape index (κ1) is 15.3. The molecule has 0 radical (unpaired) electrons. The highest BCUT2D eigenvalue weighted by atomic mass is 35.5.